The van der Waals surface area contributed by atoms with Gasteiger partial charge in [-0.15, -0.1) is 0 Å². The first kappa shape index (κ1) is 15.2. The number of carboxylic acid groups (broad SMARTS) is 1. The van der Waals surface area contributed by atoms with Crippen LogP contribution in [0.2, 0.25) is 0 Å². The van der Waals surface area contributed by atoms with Crippen molar-refractivity contribution in [1.29, 1.82) is 5.26 Å². The van der Waals surface area contributed by atoms with Crippen molar-refractivity contribution in [3.8, 4) is 6.07 Å². The van der Waals surface area contributed by atoms with Gasteiger partial charge < -0.3 is 15.7 Å². The summed E-state index contributed by atoms with van der Waals surface area (Å²) in [7, 11) is 0. The van der Waals surface area contributed by atoms with E-state index in [1.807, 2.05) is 13.8 Å². The third-order valence-corrected chi connectivity index (χ3v) is 2.32. The number of nitrogens with zero attached hydrogens (tertiary/aromatic N) is 1. The second kappa shape index (κ2) is 6.95. The zero-order chi connectivity index (χ0) is 15.1. The van der Waals surface area contributed by atoms with E-state index in [2.05, 4.69) is 10.6 Å². The average molecular weight is 273 g/mol. The van der Waals surface area contributed by atoms with Crippen LogP contribution < -0.4 is 10.6 Å². The molecule has 1 rings (SSSR count). The van der Waals surface area contributed by atoms with Crippen LogP contribution in [0.4, 0.5) is 5.69 Å². The molecule has 0 radical (unpaired) electrons. The molecule has 6 heteroatoms. The van der Waals surface area contributed by atoms with E-state index in [4.69, 9.17) is 10.4 Å². The number of nitriles is 1. The third kappa shape index (κ3) is 4.46. The van der Waals surface area contributed by atoms with Crippen molar-refractivity contribution in [2.75, 3.05) is 5.32 Å². The zero-order valence-corrected chi connectivity index (χ0v) is 11.2. The summed E-state index contributed by atoms with van der Waals surface area (Å²) in [6.07, 6.45) is 1.35. The molecule has 0 atom stereocenters. The van der Waals surface area contributed by atoms with E-state index >= 15 is 0 Å². The van der Waals surface area contributed by atoms with Gasteiger partial charge in [-0.25, -0.2) is 4.79 Å². The maximum absolute atomic E-state index is 11.8. The topological polar surface area (TPSA) is 102 Å². The van der Waals surface area contributed by atoms with Crippen LogP contribution in [-0.4, -0.2) is 23.0 Å². The normalized spacial score (nSPS) is 10.8. The lowest BCUT2D eigenvalue weighted by molar-refractivity contribution is -0.112. The van der Waals surface area contributed by atoms with Crippen LogP contribution in [0.1, 0.15) is 24.2 Å². The molecule has 0 saturated carbocycles. The Kier molecular flexibility index (Phi) is 5.30. The van der Waals surface area contributed by atoms with Crippen molar-refractivity contribution in [3.63, 3.8) is 0 Å². The number of anilines is 1. The van der Waals surface area contributed by atoms with Crippen LogP contribution in [0.3, 0.4) is 0 Å². The van der Waals surface area contributed by atoms with Crippen LogP contribution in [0.5, 0.6) is 0 Å². The molecular formula is C14H15N3O3. The fraction of sp³-hybridized carbons (Fsp3) is 0.214. The number of carbonyl (C=O) groups excluding carboxylic acids is 1. The van der Waals surface area contributed by atoms with Crippen LogP contribution >= 0.6 is 0 Å². The monoisotopic (exact) mass is 273 g/mol. The summed E-state index contributed by atoms with van der Waals surface area (Å²) in [6.45, 7) is 3.77. The van der Waals surface area contributed by atoms with E-state index in [-0.39, 0.29) is 17.2 Å². The van der Waals surface area contributed by atoms with Crippen LogP contribution in [0, 0.1) is 11.3 Å². The molecule has 0 heterocycles. The summed E-state index contributed by atoms with van der Waals surface area (Å²) in [5, 5.41) is 23.0. The van der Waals surface area contributed by atoms with Gasteiger partial charge in [-0.05, 0) is 38.1 Å². The molecule has 3 N–H and O–H groups in total. The first-order chi connectivity index (χ1) is 9.43. The van der Waals surface area contributed by atoms with E-state index in [0.717, 1.165) is 0 Å². The number of carbonyl (C=O) groups is 2. The Morgan fingerprint density at radius 2 is 1.90 bits per heavy atom. The first-order valence-corrected chi connectivity index (χ1v) is 5.95. The molecule has 20 heavy (non-hydrogen) atoms. The van der Waals surface area contributed by atoms with Gasteiger partial charge in [0.15, 0.2) is 0 Å². The summed E-state index contributed by atoms with van der Waals surface area (Å²) in [5.74, 6) is -1.59. The van der Waals surface area contributed by atoms with Crippen molar-refractivity contribution in [1.82, 2.24) is 5.32 Å². The van der Waals surface area contributed by atoms with E-state index < -0.39 is 11.9 Å². The van der Waals surface area contributed by atoms with Gasteiger partial charge in [0.05, 0.1) is 5.56 Å². The fourth-order valence-electron chi connectivity index (χ4n) is 1.29. The van der Waals surface area contributed by atoms with Crippen LogP contribution in [-0.2, 0) is 4.79 Å². The maximum atomic E-state index is 11.8. The van der Waals surface area contributed by atoms with Crippen molar-refractivity contribution in [2.24, 2.45) is 0 Å². The van der Waals surface area contributed by atoms with Crippen LogP contribution in [0.15, 0.2) is 36.0 Å². The molecule has 1 aromatic carbocycles. The molecule has 0 aliphatic rings. The van der Waals surface area contributed by atoms with Gasteiger partial charge in [-0.3, -0.25) is 4.79 Å². The molecule has 6 nitrogen and oxygen atoms in total. The highest BCUT2D eigenvalue weighted by Crippen LogP contribution is 2.10. The minimum atomic E-state index is -1.04. The summed E-state index contributed by atoms with van der Waals surface area (Å²) in [4.78, 5) is 22.5. The highest BCUT2D eigenvalue weighted by atomic mass is 16.4. The molecule has 0 aromatic heterocycles. The molecule has 1 aromatic rings. The highest BCUT2D eigenvalue weighted by molar-refractivity contribution is 6.06. The SMILES string of the molecule is CC(C)N/C=C(/C#N)C(=O)Nc1ccc(C(=O)O)cc1. The number of hydrogen-bond donors (Lipinski definition) is 3. The highest BCUT2D eigenvalue weighted by Gasteiger charge is 2.10. The Hall–Kier alpha value is -2.81. The van der Waals surface area contributed by atoms with Gasteiger partial charge in [-0.2, -0.15) is 5.26 Å². The van der Waals surface area contributed by atoms with Crippen molar-refractivity contribution in [3.05, 3.63) is 41.6 Å². The Balaban J connectivity index is 2.76. The van der Waals surface area contributed by atoms with E-state index in [0.29, 0.717) is 5.69 Å². The van der Waals surface area contributed by atoms with Gasteiger partial charge >= 0.3 is 5.97 Å². The molecule has 1 amide bonds. The van der Waals surface area contributed by atoms with Crippen molar-refractivity contribution in [2.45, 2.75) is 19.9 Å². The molecular weight excluding hydrogens is 258 g/mol. The lowest BCUT2D eigenvalue weighted by Gasteiger charge is -2.07. The molecule has 0 bridgehead atoms. The smallest absolute Gasteiger partial charge is 0.335 e. The average Bonchev–Trinajstić information content (AvgIpc) is 2.39. The number of carboxylic acids is 1. The largest absolute Gasteiger partial charge is 0.478 e. The first-order valence-electron chi connectivity index (χ1n) is 5.95. The van der Waals surface area contributed by atoms with Gasteiger partial charge in [0.2, 0.25) is 0 Å². The van der Waals surface area contributed by atoms with Gasteiger partial charge in [0, 0.05) is 17.9 Å². The molecule has 0 fully saturated rings. The predicted octanol–water partition coefficient (Wildman–Crippen LogP) is 1.73. The quantitative estimate of drug-likeness (QED) is 0.560. The van der Waals surface area contributed by atoms with Gasteiger partial charge in [0.1, 0.15) is 11.6 Å². The molecule has 0 aliphatic heterocycles. The predicted molar refractivity (Wildman–Crippen MR) is 74.0 cm³/mol. The summed E-state index contributed by atoms with van der Waals surface area (Å²) in [5.41, 5.74) is 0.493. The van der Waals surface area contributed by atoms with Gasteiger partial charge in [-0.1, -0.05) is 0 Å². The second-order valence-electron chi connectivity index (χ2n) is 4.33. The fourth-order valence-corrected chi connectivity index (χ4v) is 1.29. The number of aromatic carboxylic acids is 1. The summed E-state index contributed by atoms with van der Waals surface area (Å²) < 4.78 is 0. The molecule has 0 aliphatic carbocycles. The maximum Gasteiger partial charge on any atom is 0.335 e. The number of nitrogens with one attached hydrogen (secondary N) is 2. The number of rotatable bonds is 5. The van der Waals surface area contributed by atoms with E-state index in [1.54, 1.807) is 6.07 Å². The van der Waals surface area contributed by atoms with Crippen molar-refractivity contribution < 1.29 is 14.7 Å². The number of amides is 1. The van der Waals surface area contributed by atoms with Crippen LogP contribution in [0.25, 0.3) is 0 Å². The standard InChI is InChI=1S/C14H15N3O3/c1-9(2)16-8-11(7-15)13(18)17-12-5-3-10(4-6-12)14(19)20/h3-6,8-9,16H,1-2H3,(H,17,18)(H,19,20)/b11-8-. The Morgan fingerprint density at radius 1 is 1.30 bits per heavy atom. The summed E-state index contributed by atoms with van der Waals surface area (Å²) >= 11 is 0. The Labute approximate surface area is 116 Å². The lowest BCUT2D eigenvalue weighted by Crippen LogP contribution is -2.20. The number of hydrogen-bond acceptors (Lipinski definition) is 4. The van der Waals surface area contributed by atoms with E-state index in [1.165, 1.54) is 30.5 Å². The minimum absolute atomic E-state index is 0.0546. The molecule has 0 saturated heterocycles. The Bertz CT molecular complexity index is 568. The molecule has 0 spiro atoms. The van der Waals surface area contributed by atoms with Crippen molar-refractivity contribution >= 4 is 17.6 Å². The molecule has 104 valence electrons. The zero-order valence-electron chi connectivity index (χ0n) is 11.2. The lowest BCUT2D eigenvalue weighted by atomic mass is 10.2. The minimum Gasteiger partial charge on any atom is -0.478 e. The number of benzene rings is 1. The molecule has 0 unspecified atom stereocenters. The summed E-state index contributed by atoms with van der Waals surface area (Å²) in [6, 6.07) is 7.59. The van der Waals surface area contributed by atoms with E-state index in [9.17, 15) is 9.59 Å². The second-order valence-corrected chi connectivity index (χ2v) is 4.33. The Morgan fingerprint density at radius 3 is 2.35 bits per heavy atom. The third-order valence-electron chi connectivity index (χ3n) is 2.32. The van der Waals surface area contributed by atoms with Gasteiger partial charge in [0.25, 0.3) is 5.91 Å².